The molecule has 0 atom stereocenters. The predicted molar refractivity (Wildman–Crippen MR) is 84.8 cm³/mol. The lowest BCUT2D eigenvalue weighted by Crippen LogP contribution is -1.83. The summed E-state index contributed by atoms with van der Waals surface area (Å²) in [5.41, 5.74) is 6.53. The van der Waals surface area contributed by atoms with Crippen molar-refractivity contribution in [3.63, 3.8) is 0 Å². The fraction of sp³-hybridized carbons (Fsp3) is 0. The molecule has 0 unspecified atom stereocenters. The molecule has 0 aliphatic rings. The van der Waals surface area contributed by atoms with Crippen LogP contribution in [0.4, 0.5) is 0 Å². The molecule has 4 aromatic rings. The number of hydrogen-bond acceptors (Lipinski definition) is 2. The van der Waals surface area contributed by atoms with Crippen molar-refractivity contribution in [2.45, 2.75) is 0 Å². The molecule has 4 rings (SSSR count). The average Bonchev–Trinajstić information content (AvgIpc) is 2.96. The van der Waals surface area contributed by atoms with Crippen LogP contribution in [0.2, 0.25) is 0 Å². The van der Waals surface area contributed by atoms with Crippen molar-refractivity contribution in [1.82, 2.24) is 15.0 Å². The predicted octanol–water partition coefficient (Wildman–Crippen LogP) is 4.29. The second-order valence-electron chi connectivity index (χ2n) is 4.88. The first-order chi connectivity index (χ1) is 10.4. The van der Waals surface area contributed by atoms with Crippen LogP contribution >= 0.6 is 0 Å². The zero-order valence-corrected chi connectivity index (χ0v) is 11.3. The van der Waals surface area contributed by atoms with Gasteiger partial charge in [0.2, 0.25) is 0 Å². The van der Waals surface area contributed by atoms with Gasteiger partial charge in [-0.2, -0.15) is 0 Å². The van der Waals surface area contributed by atoms with Gasteiger partial charge in [-0.3, -0.25) is 9.97 Å². The molecule has 0 spiro atoms. The topological polar surface area (TPSA) is 41.6 Å². The Balaban J connectivity index is 2.07. The first kappa shape index (κ1) is 11.9. The van der Waals surface area contributed by atoms with Crippen LogP contribution in [0.5, 0.6) is 0 Å². The number of pyridine rings is 2. The molecule has 0 fully saturated rings. The van der Waals surface area contributed by atoms with E-state index in [1.165, 1.54) is 0 Å². The van der Waals surface area contributed by atoms with E-state index < -0.39 is 0 Å². The zero-order chi connectivity index (χ0) is 14.1. The molecule has 21 heavy (non-hydrogen) atoms. The van der Waals surface area contributed by atoms with Crippen LogP contribution in [0.25, 0.3) is 33.4 Å². The second-order valence-corrected chi connectivity index (χ2v) is 4.88. The molecule has 0 aliphatic heterocycles. The van der Waals surface area contributed by atoms with E-state index in [0.29, 0.717) is 0 Å². The monoisotopic (exact) mass is 271 g/mol. The van der Waals surface area contributed by atoms with E-state index in [2.05, 4.69) is 33.2 Å². The molecule has 0 radical (unpaired) electrons. The summed E-state index contributed by atoms with van der Waals surface area (Å²) in [4.78, 5) is 12.1. The summed E-state index contributed by atoms with van der Waals surface area (Å²) >= 11 is 0. The third-order valence-electron chi connectivity index (χ3n) is 3.59. The van der Waals surface area contributed by atoms with Gasteiger partial charge in [0, 0.05) is 29.7 Å². The Morgan fingerprint density at radius 3 is 2.33 bits per heavy atom. The summed E-state index contributed by atoms with van der Waals surface area (Å²) in [5, 5.41) is 0. The molecule has 0 bridgehead atoms. The minimum absolute atomic E-state index is 0.996. The molecule has 3 heteroatoms. The van der Waals surface area contributed by atoms with Gasteiger partial charge in [-0.1, -0.05) is 30.3 Å². The van der Waals surface area contributed by atoms with Gasteiger partial charge in [-0.15, -0.1) is 0 Å². The summed E-state index contributed by atoms with van der Waals surface area (Å²) < 4.78 is 0. The second kappa shape index (κ2) is 4.87. The number of nitrogens with one attached hydrogen (secondary N) is 1. The SMILES string of the molecule is c1ccc(-c2c(-c3ccncc3)[nH]c3cccnc23)cc1. The quantitative estimate of drug-likeness (QED) is 0.591. The molecule has 1 N–H and O–H groups in total. The molecular weight excluding hydrogens is 258 g/mol. The molecule has 0 saturated heterocycles. The third-order valence-corrected chi connectivity index (χ3v) is 3.59. The van der Waals surface area contributed by atoms with Crippen molar-refractivity contribution < 1.29 is 0 Å². The Labute approximate surface area is 122 Å². The maximum Gasteiger partial charge on any atom is 0.0963 e. The van der Waals surface area contributed by atoms with E-state index in [4.69, 9.17) is 0 Å². The van der Waals surface area contributed by atoms with Crippen molar-refractivity contribution in [3.8, 4) is 22.4 Å². The highest BCUT2D eigenvalue weighted by atomic mass is 14.8. The van der Waals surface area contributed by atoms with E-state index in [-0.39, 0.29) is 0 Å². The van der Waals surface area contributed by atoms with Gasteiger partial charge in [-0.05, 0) is 29.8 Å². The van der Waals surface area contributed by atoms with E-state index in [1.807, 2.05) is 55.0 Å². The molecule has 0 saturated carbocycles. The Morgan fingerprint density at radius 2 is 1.52 bits per heavy atom. The first-order valence-electron chi connectivity index (χ1n) is 6.86. The number of rotatable bonds is 2. The van der Waals surface area contributed by atoms with Gasteiger partial charge >= 0.3 is 0 Å². The van der Waals surface area contributed by atoms with E-state index >= 15 is 0 Å². The molecule has 0 aliphatic carbocycles. The van der Waals surface area contributed by atoms with Crippen LogP contribution in [0.15, 0.2) is 73.2 Å². The van der Waals surface area contributed by atoms with Gasteiger partial charge < -0.3 is 4.98 Å². The standard InChI is InChI=1S/C18H13N3/c1-2-5-13(6-3-1)16-17(14-8-11-19-12-9-14)21-15-7-4-10-20-18(15)16/h1-12,21H. The van der Waals surface area contributed by atoms with Crippen LogP contribution in [0, 0.1) is 0 Å². The third kappa shape index (κ3) is 1.99. The number of hydrogen-bond donors (Lipinski definition) is 1. The van der Waals surface area contributed by atoms with Gasteiger partial charge in [0.25, 0.3) is 0 Å². The van der Waals surface area contributed by atoms with Crippen molar-refractivity contribution >= 4 is 11.0 Å². The Kier molecular flexibility index (Phi) is 2.75. The summed E-state index contributed by atoms with van der Waals surface area (Å²) in [6, 6.07) is 18.4. The first-order valence-corrected chi connectivity index (χ1v) is 6.86. The molecule has 3 heterocycles. The van der Waals surface area contributed by atoms with Gasteiger partial charge in [0.1, 0.15) is 0 Å². The smallest absolute Gasteiger partial charge is 0.0963 e. The summed E-state index contributed by atoms with van der Waals surface area (Å²) in [7, 11) is 0. The van der Waals surface area contributed by atoms with Crippen molar-refractivity contribution in [1.29, 1.82) is 0 Å². The van der Waals surface area contributed by atoms with Crippen molar-refractivity contribution in [2.75, 3.05) is 0 Å². The van der Waals surface area contributed by atoms with Crippen LogP contribution in [-0.4, -0.2) is 15.0 Å². The highest BCUT2D eigenvalue weighted by Gasteiger charge is 2.15. The fourth-order valence-corrected chi connectivity index (χ4v) is 2.64. The minimum Gasteiger partial charge on any atom is -0.353 e. The van der Waals surface area contributed by atoms with Crippen molar-refractivity contribution in [3.05, 3.63) is 73.2 Å². The van der Waals surface area contributed by atoms with Crippen molar-refractivity contribution in [2.24, 2.45) is 0 Å². The molecule has 3 aromatic heterocycles. The lowest BCUT2D eigenvalue weighted by molar-refractivity contribution is 1.32. The maximum atomic E-state index is 4.56. The number of benzene rings is 1. The van der Waals surface area contributed by atoms with E-state index in [9.17, 15) is 0 Å². The molecule has 3 nitrogen and oxygen atoms in total. The van der Waals surface area contributed by atoms with E-state index in [1.54, 1.807) is 0 Å². The molecular formula is C18H13N3. The highest BCUT2D eigenvalue weighted by molar-refractivity contribution is 6.01. The maximum absolute atomic E-state index is 4.56. The number of H-pyrrole nitrogens is 1. The molecule has 100 valence electrons. The lowest BCUT2D eigenvalue weighted by Gasteiger charge is -2.04. The number of nitrogens with zero attached hydrogens (tertiary/aromatic N) is 2. The average molecular weight is 271 g/mol. The number of aromatic nitrogens is 3. The number of fused-ring (bicyclic) bond motifs is 1. The largest absolute Gasteiger partial charge is 0.353 e. The normalized spacial score (nSPS) is 10.9. The minimum atomic E-state index is 0.996. The van der Waals surface area contributed by atoms with E-state index in [0.717, 1.165) is 33.4 Å². The summed E-state index contributed by atoms with van der Waals surface area (Å²) in [6.07, 6.45) is 5.45. The Bertz CT molecular complexity index is 880. The fourth-order valence-electron chi connectivity index (χ4n) is 2.64. The Hall–Kier alpha value is -2.94. The van der Waals surface area contributed by atoms with Gasteiger partial charge in [0.05, 0.1) is 16.7 Å². The van der Waals surface area contributed by atoms with Gasteiger partial charge in [0.15, 0.2) is 0 Å². The summed E-state index contributed by atoms with van der Waals surface area (Å²) in [5.74, 6) is 0. The molecule has 1 aromatic carbocycles. The van der Waals surface area contributed by atoms with Gasteiger partial charge in [-0.25, -0.2) is 0 Å². The van der Waals surface area contributed by atoms with Crippen LogP contribution in [0.1, 0.15) is 0 Å². The molecule has 0 amide bonds. The highest BCUT2D eigenvalue weighted by Crippen LogP contribution is 2.36. The zero-order valence-electron chi connectivity index (χ0n) is 11.3. The van der Waals surface area contributed by atoms with Crippen LogP contribution in [-0.2, 0) is 0 Å². The Morgan fingerprint density at radius 1 is 0.714 bits per heavy atom. The number of aromatic amines is 1. The van der Waals surface area contributed by atoms with Crippen LogP contribution < -0.4 is 0 Å². The summed E-state index contributed by atoms with van der Waals surface area (Å²) in [6.45, 7) is 0. The lowest BCUT2D eigenvalue weighted by atomic mass is 10.0. The van der Waals surface area contributed by atoms with Crippen LogP contribution in [0.3, 0.4) is 0 Å².